The van der Waals surface area contributed by atoms with Gasteiger partial charge < -0.3 is 18.9 Å². The molecule has 3 aromatic heterocycles. The van der Waals surface area contributed by atoms with Crippen LogP contribution in [0.1, 0.15) is 5.56 Å². The van der Waals surface area contributed by atoms with Crippen LogP contribution in [0.2, 0.25) is 0 Å². The zero-order chi connectivity index (χ0) is 32.4. The molecular formula is C33H29N5O7S. The van der Waals surface area contributed by atoms with Gasteiger partial charge in [-0.1, -0.05) is 49.1 Å². The first-order valence-corrected chi connectivity index (χ1v) is 15.3. The van der Waals surface area contributed by atoms with Crippen LogP contribution in [0, 0.1) is 0 Å². The van der Waals surface area contributed by atoms with Crippen LogP contribution in [0.15, 0.2) is 115 Å². The summed E-state index contributed by atoms with van der Waals surface area (Å²) >= 11 is 0. The summed E-state index contributed by atoms with van der Waals surface area (Å²) < 4.78 is 52.7. The average molecular weight is 640 g/mol. The van der Waals surface area contributed by atoms with E-state index in [2.05, 4.69) is 31.6 Å². The molecule has 0 aliphatic carbocycles. The Labute approximate surface area is 265 Å². The molecule has 13 heteroatoms. The molecular weight excluding hydrogens is 610 g/mol. The number of ether oxygens (including phenoxy) is 4. The molecule has 0 saturated carbocycles. The molecule has 0 radical (unpaired) electrons. The van der Waals surface area contributed by atoms with E-state index in [4.69, 9.17) is 18.9 Å². The van der Waals surface area contributed by atoms with Crippen molar-refractivity contribution in [2.24, 2.45) is 0 Å². The molecule has 5 aromatic rings. The van der Waals surface area contributed by atoms with Gasteiger partial charge in [0.2, 0.25) is 5.75 Å². The normalized spacial score (nSPS) is 10.8. The summed E-state index contributed by atoms with van der Waals surface area (Å²) in [5.74, 6) is 0.829. The van der Waals surface area contributed by atoms with Crippen molar-refractivity contribution < 1.29 is 32.2 Å². The average Bonchev–Trinajstić information content (AvgIpc) is 3.08. The number of aromatic nitrogens is 3. The van der Waals surface area contributed by atoms with Gasteiger partial charge in [-0.25, -0.2) is 23.2 Å². The Balaban J connectivity index is 1.50. The van der Waals surface area contributed by atoms with E-state index in [1.807, 2.05) is 0 Å². The van der Waals surface area contributed by atoms with Gasteiger partial charge in [-0.2, -0.15) is 0 Å². The zero-order valence-electron chi connectivity index (χ0n) is 24.6. The van der Waals surface area contributed by atoms with E-state index in [1.54, 1.807) is 91.1 Å². The van der Waals surface area contributed by atoms with Gasteiger partial charge in [-0.05, 0) is 54.1 Å². The van der Waals surface area contributed by atoms with Crippen molar-refractivity contribution in [3.63, 3.8) is 0 Å². The number of para-hydroxylation sites is 2. The molecule has 5 rings (SSSR count). The lowest BCUT2D eigenvalue weighted by atomic mass is 10.2. The van der Waals surface area contributed by atoms with Gasteiger partial charge in [0.15, 0.2) is 23.1 Å². The molecule has 0 unspecified atom stereocenters. The molecule has 3 heterocycles. The lowest BCUT2D eigenvalue weighted by Gasteiger charge is -2.19. The van der Waals surface area contributed by atoms with Crippen LogP contribution in [0.4, 0.5) is 16.4 Å². The van der Waals surface area contributed by atoms with E-state index in [0.717, 1.165) is 5.56 Å². The second-order valence-electron chi connectivity index (χ2n) is 9.35. The van der Waals surface area contributed by atoms with Gasteiger partial charge in [-0.3, -0.25) is 15.0 Å². The molecule has 234 valence electrons. The Morgan fingerprint density at radius 3 is 2.24 bits per heavy atom. The molecule has 46 heavy (non-hydrogen) atoms. The molecule has 0 saturated heterocycles. The number of carbonyl (C=O) groups excluding carboxylic acids is 1. The predicted octanol–water partition coefficient (Wildman–Crippen LogP) is 6.41. The molecule has 0 spiro atoms. The van der Waals surface area contributed by atoms with Gasteiger partial charge in [0.05, 0.1) is 23.4 Å². The van der Waals surface area contributed by atoms with Crippen molar-refractivity contribution >= 4 is 33.8 Å². The van der Waals surface area contributed by atoms with Crippen molar-refractivity contribution in [3.05, 3.63) is 116 Å². The molecule has 0 aliphatic rings. The highest BCUT2D eigenvalue weighted by Gasteiger charge is 2.24. The van der Waals surface area contributed by atoms with E-state index in [1.165, 1.54) is 25.4 Å². The Morgan fingerprint density at radius 1 is 0.848 bits per heavy atom. The number of anilines is 2. The molecule has 0 aliphatic heterocycles. The number of rotatable bonds is 13. The second-order valence-corrected chi connectivity index (χ2v) is 11.0. The maximum absolute atomic E-state index is 13.6. The lowest BCUT2D eigenvalue weighted by Crippen LogP contribution is -2.19. The summed E-state index contributed by atoms with van der Waals surface area (Å²) in [5, 5.41) is 2.52. The third-order valence-electron chi connectivity index (χ3n) is 6.27. The number of nitrogens with one attached hydrogen (secondary N) is 2. The maximum atomic E-state index is 13.6. The first-order valence-electron chi connectivity index (χ1n) is 13.9. The van der Waals surface area contributed by atoms with Gasteiger partial charge in [0, 0.05) is 18.5 Å². The molecule has 0 fully saturated rings. The number of hydrogen-bond acceptors (Lipinski definition) is 10. The van der Waals surface area contributed by atoms with E-state index in [9.17, 15) is 13.2 Å². The number of nitrogens with zero attached hydrogens (tertiary/aromatic N) is 3. The van der Waals surface area contributed by atoms with Crippen LogP contribution in [-0.2, 0) is 14.8 Å². The van der Waals surface area contributed by atoms with Crippen LogP contribution in [-0.4, -0.2) is 49.8 Å². The number of pyridine rings is 3. The number of sulfonamides is 1. The van der Waals surface area contributed by atoms with Crippen LogP contribution in [0.5, 0.6) is 23.0 Å². The molecule has 2 N–H and O–H groups in total. The molecule has 0 bridgehead atoms. The summed E-state index contributed by atoms with van der Waals surface area (Å²) in [4.78, 5) is 25.2. The first kappa shape index (κ1) is 31.5. The monoisotopic (exact) mass is 639 g/mol. The molecule has 0 atom stereocenters. The highest BCUT2D eigenvalue weighted by Crippen LogP contribution is 2.43. The SMILES string of the molecule is C=Cc1ccc(S(=O)(=O)Nc2nc(-c3ccccn3)cc(OCCOC(=O)Nc3ccccn3)c2Oc2ccccc2OC)cc1. The third-order valence-corrected chi connectivity index (χ3v) is 7.63. The lowest BCUT2D eigenvalue weighted by molar-refractivity contribution is 0.137. The number of methoxy groups -OCH3 is 1. The molecule has 2 aromatic carbocycles. The first-order chi connectivity index (χ1) is 22.4. The fourth-order valence-corrected chi connectivity index (χ4v) is 5.08. The smallest absolute Gasteiger partial charge is 0.412 e. The Bertz CT molecular complexity index is 1910. The summed E-state index contributed by atoms with van der Waals surface area (Å²) in [5.41, 5.74) is 1.48. The Kier molecular flexibility index (Phi) is 10.0. The largest absolute Gasteiger partial charge is 0.493 e. The van der Waals surface area contributed by atoms with E-state index < -0.39 is 16.1 Å². The summed E-state index contributed by atoms with van der Waals surface area (Å²) in [6, 6.07) is 24.8. The minimum absolute atomic E-state index is 0.0128. The highest BCUT2D eigenvalue weighted by molar-refractivity contribution is 7.92. The van der Waals surface area contributed by atoms with Crippen LogP contribution < -0.4 is 24.2 Å². The van der Waals surface area contributed by atoms with Gasteiger partial charge in [0.25, 0.3) is 10.0 Å². The second kappa shape index (κ2) is 14.7. The summed E-state index contributed by atoms with van der Waals surface area (Å²) in [6.45, 7) is 3.42. The van der Waals surface area contributed by atoms with E-state index in [-0.39, 0.29) is 46.9 Å². The minimum Gasteiger partial charge on any atom is -0.493 e. The predicted molar refractivity (Wildman–Crippen MR) is 173 cm³/mol. The minimum atomic E-state index is -4.17. The maximum Gasteiger partial charge on any atom is 0.412 e. The fourth-order valence-electron chi connectivity index (χ4n) is 4.08. The number of benzene rings is 2. The summed E-state index contributed by atoms with van der Waals surface area (Å²) in [6.07, 6.45) is 3.99. The van der Waals surface area contributed by atoms with Crippen molar-refractivity contribution in [1.29, 1.82) is 0 Å². The topological polar surface area (TPSA) is 151 Å². The molecule has 12 nitrogen and oxygen atoms in total. The van der Waals surface area contributed by atoms with Crippen LogP contribution in [0.25, 0.3) is 17.5 Å². The van der Waals surface area contributed by atoms with E-state index in [0.29, 0.717) is 17.3 Å². The Hall–Kier alpha value is -5.95. The van der Waals surface area contributed by atoms with Crippen molar-refractivity contribution in [2.75, 3.05) is 30.4 Å². The fraction of sp³-hybridized carbons (Fsp3) is 0.0909. The van der Waals surface area contributed by atoms with Gasteiger partial charge in [-0.15, -0.1) is 0 Å². The number of hydrogen-bond donors (Lipinski definition) is 2. The van der Waals surface area contributed by atoms with Gasteiger partial charge >= 0.3 is 6.09 Å². The van der Waals surface area contributed by atoms with E-state index >= 15 is 0 Å². The zero-order valence-corrected chi connectivity index (χ0v) is 25.4. The Morgan fingerprint density at radius 2 is 1.57 bits per heavy atom. The summed E-state index contributed by atoms with van der Waals surface area (Å²) in [7, 11) is -2.69. The van der Waals surface area contributed by atoms with Crippen LogP contribution in [0.3, 0.4) is 0 Å². The van der Waals surface area contributed by atoms with Crippen LogP contribution >= 0.6 is 0 Å². The molecule has 1 amide bonds. The van der Waals surface area contributed by atoms with Crippen molar-refractivity contribution in [1.82, 2.24) is 15.0 Å². The van der Waals surface area contributed by atoms with Gasteiger partial charge in [0.1, 0.15) is 19.0 Å². The number of amides is 1. The van der Waals surface area contributed by atoms with Crippen molar-refractivity contribution in [2.45, 2.75) is 4.90 Å². The quantitative estimate of drug-likeness (QED) is 0.138. The standard InChI is InChI=1S/C33H29N5O7S/c1-3-23-14-16-24(17-15-23)46(40,41)38-32-31(45-28-12-5-4-11-27(28)42-2)29(22-26(36-32)25-10-6-8-18-34-25)43-20-21-44-33(39)37-30-13-7-9-19-35-30/h3-19,22H,1,20-21H2,2H3,(H,36,38)(H,35,37,39). The number of carbonyl (C=O) groups is 1. The van der Waals surface area contributed by atoms with Crippen molar-refractivity contribution in [3.8, 4) is 34.4 Å². The third kappa shape index (κ3) is 7.95. The highest BCUT2D eigenvalue weighted by atomic mass is 32.2.